The molecule has 2 rings (SSSR count). The molecule has 82 valence electrons. The van der Waals surface area contributed by atoms with Crippen molar-refractivity contribution >= 4 is 17.2 Å². The minimum Gasteiger partial charge on any atom is -0.508 e. The Morgan fingerprint density at radius 3 is 2.69 bits per heavy atom. The van der Waals surface area contributed by atoms with Crippen molar-refractivity contribution in [2.45, 2.75) is 6.42 Å². The van der Waals surface area contributed by atoms with Gasteiger partial charge in [-0.2, -0.15) is 0 Å². The van der Waals surface area contributed by atoms with Crippen molar-refractivity contribution in [3.8, 4) is 17.0 Å². The number of aromatic nitrogens is 1. The summed E-state index contributed by atoms with van der Waals surface area (Å²) in [5.74, 6) is -0.164. The van der Waals surface area contributed by atoms with E-state index in [1.165, 1.54) is 11.3 Å². The summed E-state index contributed by atoms with van der Waals surface area (Å²) in [6.07, 6.45) is 0.169. The number of phenols is 1. The average Bonchev–Trinajstić information content (AvgIpc) is 2.66. The maximum atomic E-state index is 10.7. The number of rotatable bonds is 3. The predicted octanol–water partition coefficient (Wildman–Crippen LogP) is 1.54. The molecule has 0 aliphatic carbocycles. The number of benzene rings is 1. The maximum Gasteiger partial charge on any atom is 0.224 e. The van der Waals surface area contributed by atoms with Gasteiger partial charge in [-0.15, -0.1) is 11.3 Å². The third-order valence-corrected chi connectivity index (χ3v) is 2.89. The second kappa shape index (κ2) is 4.32. The number of aromatic hydroxyl groups is 1. The molecule has 0 saturated carbocycles. The quantitative estimate of drug-likeness (QED) is 0.845. The van der Waals surface area contributed by atoms with Gasteiger partial charge < -0.3 is 10.8 Å². The summed E-state index contributed by atoms with van der Waals surface area (Å²) in [6, 6.07) is 6.75. The fraction of sp³-hybridized carbons (Fsp3) is 0.0909. The van der Waals surface area contributed by atoms with Crippen LogP contribution in [0.15, 0.2) is 29.6 Å². The largest absolute Gasteiger partial charge is 0.508 e. The highest BCUT2D eigenvalue weighted by molar-refractivity contribution is 7.10. The van der Waals surface area contributed by atoms with Gasteiger partial charge in [-0.3, -0.25) is 4.79 Å². The van der Waals surface area contributed by atoms with E-state index in [0.29, 0.717) is 5.01 Å². The van der Waals surface area contributed by atoms with Crippen molar-refractivity contribution in [2.75, 3.05) is 0 Å². The summed E-state index contributed by atoms with van der Waals surface area (Å²) in [4.78, 5) is 15.0. The van der Waals surface area contributed by atoms with Gasteiger partial charge in [-0.1, -0.05) is 0 Å². The number of carbonyl (C=O) groups is 1. The Morgan fingerprint density at radius 2 is 2.06 bits per heavy atom. The van der Waals surface area contributed by atoms with Gasteiger partial charge in [0.25, 0.3) is 0 Å². The summed E-state index contributed by atoms with van der Waals surface area (Å²) in [6.45, 7) is 0. The lowest BCUT2D eigenvalue weighted by Crippen LogP contribution is -2.13. The number of phenolic OH excluding ortho intramolecular Hbond substituents is 1. The third kappa shape index (κ3) is 2.38. The number of hydrogen-bond donors (Lipinski definition) is 2. The molecule has 0 bridgehead atoms. The van der Waals surface area contributed by atoms with Crippen LogP contribution in [0.3, 0.4) is 0 Å². The standard InChI is InChI=1S/C11H10N2O2S/c12-10(15)5-11-13-9(6-16-11)7-1-3-8(14)4-2-7/h1-4,6,14H,5H2,(H2,12,15). The average molecular weight is 234 g/mol. The molecule has 1 aromatic heterocycles. The highest BCUT2D eigenvalue weighted by Crippen LogP contribution is 2.23. The van der Waals surface area contributed by atoms with Gasteiger partial charge in [0.2, 0.25) is 5.91 Å². The maximum absolute atomic E-state index is 10.7. The van der Waals surface area contributed by atoms with Gasteiger partial charge in [-0.05, 0) is 24.3 Å². The van der Waals surface area contributed by atoms with Crippen LogP contribution in [0.1, 0.15) is 5.01 Å². The van der Waals surface area contributed by atoms with E-state index in [-0.39, 0.29) is 18.1 Å². The predicted molar refractivity (Wildman–Crippen MR) is 62.1 cm³/mol. The molecule has 0 radical (unpaired) electrons. The van der Waals surface area contributed by atoms with Crippen LogP contribution in [0.4, 0.5) is 0 Å². The molecule has 0 saturated heterocycles. The van der Waals surface area contributed by atoms with E-state index in [1.807, 2.05) is 5.38 Å². The molecule has 0 unspecified atom stereocenters. The molecule has 5 heteroatoms. The Bertz CT molecular complexity index is 505. The molecular weight excluding hydrogens is 224 g/mol. The van der Waals surface area contributed by atoms with Crippen molar-refractivity contribution in [3.63, 3.8) is 0 Å². The van der Waals surface area contributed by atoms with E-state index >= 15 is 0 Å². The second-order valence-corrected chi connectivity index (χ2v) is 4.26. The summed E-state index contributed by atoms with van der Waals surface area (Å²) in [5.41, 5.74) is 6.79. The van der Waals surface area contributed by atoms with Crippen LogP contribution in [0.2, 0.25) is 0 Å². The van der Waals surface area contributed by atoms with Crippen molar-refractivity contribution in [3.05, 3.63) is 34.7 Å². The van der Waals surface area contributed by atoms with Crippen molar-refractivity contribution < 1.29 is 9.90 Å². The molecule has 0 aliphatic heterocycles. The second-order valence-electron chi connectivity index (χ2n) is 3.32. The van der Waals surface area contributed by atoms with E-state index in [9.17, 15) is 4.79 Å². The van der Waals surface area contributed by atoms with Gasteiger partial charge in [0.05, 0.1) is 12.1 Å². The Morgan fingerprint density at radius 1 is 1.38 bits per heavy atom. The van der Waals surface area contributed by atoms with Crippen LogP contribution in [0.25, 0.3) is 11.3 Å². The van der Waals surface area contributed by atoms with Crippen LogP contribution in [0, 0.1) is 0 Å². The lowest BCUT2D eigenvalue weighted by atomic mass is 10.2. The van der Waals surface area contributed by atoms with Crippen LogP contribution in [-0.4, -0.2) is 16.0 Å². The van der Waals surface area contributed by atoms with E-state index in [4.69, 9.17) is 10.8 Å². The molecule has 0 atom stereocenters. The van der Waals surface area contributed by atoms with Gasteiger partial charge in [0.1, 0.15) is 10.8 Å². The smallest absolute Gasteiger partial charge is 0.224 e. The Hall–Kier alpha value is -1.88. The molecule has 3 N–H and O–H groups in total. The molecule has 1 amide bonds. The minimum atomic E-state index is -0.383. The van der Waals surface area contributed by atoms with E-state index in [1.54, 1.807) is 24.3 Å². The van der Waals surface area contributed by atoms with Crippen LogP contribution >= 0.6 is 11.3 Å². The third-order valence-electron chi connectivity index (χ3n) is 2.04. The molecule has 16 heavy (non-hydrogen) atoms. The Kier molecular flexibility index (Phi) is 2.87. The topological polar surface area (TPSA) is 76.2 Å². The summed E-state index contributed by atoms with van der Waals surface area (Å²) < 4.78 is 0. The van der Waals surface area contributed by atoms with E-state index in [2.05, 4.69) is 4.98 Å². The summed E-state index contributed by atoms with van der Waals surface area (Å²) >= 11 is 1.40. The molecule has 0 fully saturated rings. The highest BCUT2D eigenvalue weighted by atomic mass is 32.1. The molecule has 4 nitrogen and oxygen atoms in total. The van der Waals surface area contributed by atoms with E-state index in [0.717, 1.165) is 11.3 Å². The normalized spacial score (nSPS) is 10.2. The number of carbonyl (C=O) groups excluding carboxylic acids is 1. The molecule has 2 aromatic rings. The number of primary amides is 1. The van der Waals surface area contributed by atoms with Gasteiger partial charge >= 0.3 is 0 Å². The SMILES string of the molecule is NC(=O)Cc1nc(-c2ccc(O)cc2)cs1. The number of nitrogens with zero attached hydrogens (tertiary/aromatic N) is 1. The Balaban J connectivity index is 2.24. The van der Waals surface area contributed by atoms with Gasteiger partial charge in [0, 0.05) is 10.9 Å². The highest BCUT2D eigenvalue weighted by Gasteiger charge is 2.06. The Labute approximate surface area is 96.4 Å². The van der Waals surface area contributed by atoms with Crippen LogP contribution < -0.4 is 5.73 Å². The first-order valence-corrected chi connectivity index (χ1v) is 5.55. The van der Waals surface area contributed by atoms with Gasteiger partial charge in [0.15, 0.2) is 0 Å². The van der Waals surface area contributed by atoms with Crippen molar-refractivity contribution in [1.29, 1.82) is 0 Å². The number of hydrogen-bond acceptors (Lipinski definition) is 4. The zero-order valence-corrected chi connectivity index (χ0v) is 9.20. The number of thiazole rings is 1. The zero-order chi connectivity index (χ0) is 11.5. The molecule has 0 aliphatic rings. The van der Waals surface area contributed by atoms with Gasteiger partial charge in [-0.25, -0.2) is 4.98 Å². The lowest BCUT2D eigenvalue weighted by Gasteiger charge is -1.96. The lowest BCUT2D eigenvalue weighted by molar-refractivity contribution is -0.117. The molecule has 1 heterocycles. The van der Waals surface area contributed by atoms with Crippen molar-refractivity contribution in [1.82, 2.24) is 4.98 Å². The first-order chi connectivity index (χ1) is 7.65. The van der Waals surface area contributed by atoms with Crippen LogP contribution in [-0.2, 0) is 11.2 Å². The molecule has 1 aromatic carbocycles. The monoisotopic (exact) mass is 234 g/mol. The first-order valence-electron chi connectivity index (χ1n) is 4.67. The fourth-order valence-electron chi connectivity index (χ4n) is 1.31. The fourth-order valence-corrected chi connectivity index (χ4v) is 2.12. The van der Waals surface area contributed by atoms with Crippen LogP contribution in [0.5, 0.6) is 5.75 Å². The van der Waals surface area contributed by atoms with Crippen molar-refractivity contribution in [2.24, 2.45) is 5.73 Å². The summed E-state index contributed by atoms with van der Waals surface area (Å²) in [5, 5.41) is 11.7. The number of nitrogens with two attached hydrogens (primary N) is 1. The first kappa shape index (κ1) is 10.6. The number of amides is 1. The molecular formula is C11H10N2O2S. The zero-order valence-electron chi connectivity index (χ0n) is 8.38. The summed E-state index contributed by atoms with van der Waals surface area (Å²) in [7, 11) is 0. The molecule has 0 spiro atoms. The van der Waals surface area contributed by atoms with E-state index < -0.39 is 0 Å². The minimum absolute atomic E-state index is 0.169.